The number of ether oxygens (including phenoxy) is 1. The number of hydrogen-bond acceptors (Lipinski definition) is 4. The first-order chi connectivity index (χ1) is 12.6. The number of benzene rings is 1. The summed E-state index contributed by atoms with van der Waals surface area (Å²) in [4.78, 5) is 5.49. The molecule has 1 aromatic heterocycles. The second-order valence-electron chi connectivity index (χ2n) is 6.66. The monoisotopic (exact) mass is 501 g/mol. The highest BCUT2D eigenvalue weighted by atomic mass is 127. The lowest BCUT2D eigenvalue weighted by molar-refractivity contribution is 0.0711. The van der Waals surface area contributed by atoms with Gasteiger partial charge >= 0.3 is 0 Å². The van der Waals surface area contributed by atoms with Gasteiger partial charge in [-0.05, 0) is 48.9 Å². The minimum atomic E-state index is -0.948. The summed E-state index contributed by atoms with van der Waals surface area (Å²) in [5.41, 5.74) is 1.65. The zero-order valence-corrected chi connectivity index (χ0v) is 19.0. The van der Waals surface area contributed by atoms with Gasteiger partial charge in [0.05, 0.1) is 13.2 Å². The third-order valence-corrected chi connectivity index (χ3v) is 5.52. The molecule has 27 heavy (non-hydrogen) atoms. The minimum absolute atomic E-state index is 0. The van der Waals surface area contributed by atoms with Gasteiger partial charge in [-0.25, -0.2) is 4.99 Å². The maximum Gasteiger partial charge on any atom is 0.191 e. The van der Waals surface area contributed by atoms with E-state index in [9.17, 15) is 5.11 Å². The molecule has 1 atom stereocenters. The molecule has 1 unspecified atom stereocenters. The van der Waals surface area contributed by atoms with Crippen LogP contribution in [0, 0.1) is 0 Å². The van der Waals surface area contributed by atoms with Gasteiger partial charge in [0.25, 0.3) is 0 Å². The Morgan fingerprint density at radius 2 is 2.19 bits per heavy atom. The number of thiophene rings is 1. The molecular weight excluding hydrogens is 473 g/mol. The summed E-state index contributed by atoms with van der Waals surface area (Å²) in [6.45, 7) is 6.51. The lowest BCUT2D eigenvalue weighted by Crippen LogP contribution is -2.39. The van der Waals surface area contributed by atoms with Crippen molar-refractivity contribution in [1.29, 1.82) is 0 Å². The molecule has 5 nitrogen and oxygen atoms in total. The molecule has 3 rings (SSSR count). The van der Waals surface area contributed by atoms with Gasteiger partial charge in [-0.2, -0.15) is 0 Å². The molecule has 3 N–H and O–H groups in total. The fourth-order valence-electron chi connectivity index (χ4n) is 2.96. The van der Waals surface area contributed by atoms with Crippen molar-refractivity contribution in [3.05, 3.63) is 51.7 Å². The Morgan fingerprint density at radius 1 is 1.33 bits per heavy atom. The van der Waals surface area contributed by atoms with E-state index in [4.69, 9.17) is 4.74 Å². The zero-order chi connectivity index (χ0) is 18.4. The Labute approximate surface area is 182 Å². The fourth-order valence-corrected chi connectivity index (χ4v) is 3.74. The first-order valence-corrected chi connectivity index (χ1v) is 9.99. The maximum atomic E-state index is 10.6. The van der Waals surface area contributed by atoms with Crippen LogP contribution in [0.2, 0.25) is 0 Å². The topological polar surface area (TPSA) is 65.9 Å². The number of fused-ring (bicyclic) bond motifs is 1. The van der Waals surface area contributed by atoms with Crippen molar-refractivity contribution in [2.75, 3.05) is 26.2 Å². The van der Waals surface area contributed by atoms with E-state index < -0.39 is 5.60 Å². The van der Waals surface area contributed by atoms with Crippen LogP contribution in [0.25, 0.3) is 0 Å². The van der Waals surface area contributed by atoms with Crippen molar-refractivity contribution < 1.29 is 9.84 Å². The Bertz CT molecular complexity index is 748. The highest BCUT2D eigenvalue weighted by molar-refractivity contribution is 14.0. The Kier molecular flexibility index (Phi) is 8.37. The summed E-state index contributed by atoms with van der Waals surface area (Å²) in [6.07, 6.45) is 1.91. The van der Waals surface area contributed by atoms with Gasteiger partial charge in [0, 0.05) is 24.4 Å². The molecule has 0 amide bonds. The van der Waals surface area contributed by atoms with E-state index in [-0.39, 0.29) is 24.0 Å². The predicted octanol–water partition coefficient (Wildman–Crippen LogP) is 3.31. The number of aliphatic hydroxyl groups is 1. The molecule has 1 aromatic carbocycles. The standard InChI is InChI=1S/C20H27N3O2S.HI/c1-3-21-19(23-14-20(2,24)18-5-4-12-26-18)22-10-8-15-6-7-17-16(13-15)9-11-25-17;/h4-7,12-13,24H,3,8-11,14H2,1-2H3,(H2,21,22,23);1H. The van der Waals surface area contributed by atoms with Crippen LogP contribution in [0.15, 0.2) is 40.7 Å². The van der Waals surface area contributed by atoms with Crippen LogP contribution in [0.1, 0.15) is 29.9 Å². The molecule has 0 saturated carbocycles. The van der Waals surface area contributed by atoms with Crippen molar-refractivity contribution in [2.45, 2.75) is 32.3 Å². The van der Waals surface area contributed by atoms with Crippen LogP contribution in [0.5, 0.6) is 5.75 Å². The Morgan fingerprint density at radius 3 is 2.93 bits per heavy atom. The second-order valence-corrected chi connectivity index (χ2v) is 7.61. The molecule has 0 bridgehead atoms. The molecule has 0 saturated heterocycles. The Balaban J connectivity index is 0.00000261. The lowest BCUT2D eigenvalue weighted by Gasteiger charge is -2.20. The summed E-state index contributed by atoms with van der Waals surface area (Å²) in [5, 5.41) is 19.2. The number of nitrogens with one attached hydrogen (secondary N) is 2. The average Bonchev–Trinajstić information content (AvgIpc) is 3.31. The number of aliphatic imine (C=N–C) groups is 1. The van der Waals surface area contributed by atoms with Gasteiger partial charge in [0.2, 0.25) is 0 Å². The van der Waals surface area contributed by atoms with E-state index in [0.717, 1.165) is 49.1 Å². The summed E-state index contributed by atoms with van der Waals surface area (Å²) in [5.74, 6) is 1.75. The quantitative estimate of drug-likeness (QED) is 0.310. The smallest absolute Gasteiger partial charge is 0.191 e. The molecule has 2 heterocycles. The van der Waals surface area contributed by atoms with Crippen LogP contribution in [-0.2, 0) is 18.4 Å². The summed E-state index contributed by atoms with van der Waals surface area (Å²) in [6, 6.07) is 10.3. The number of hydrogen-bond donors (Lipinski definition) is 3. The molecule has 2 aromatic rings. The van der Waals surface area contributed by atoms with Gasteiger partial charge in [0.1, 0.15) is 11.4 Å². The third kappa shape index (κ3) is 6.08. The van der Waals surface area contributed by atoms with Crippen molar-refractivity contribution >= 4 is 41.3 Å². The van der Waals surface area contributed by atoms with Crippen LogP contribution in [0.3, 0.4) is 0 Å². The van der Waals surface area contributed by atoms with Crippen molar-refractivity contribution in [2.24, 2.45) is 4.99 Å². The molecule has 148 valence electrons. The van der Waals surface area contributed by atoms with Gasteiger partial charge < -0.3 is 20.5 Å². The van der Waals surface area contributed by atoms with E-state index in [1.807, 2.05) is 24.4 Å². The number of nitrogens with zero attached hydrogens (tertiary/aromatic N) is 1. The second kappa shape index (κ2) is 10.3. The first kappa shape index (κ1) is 22.0. The van der Waals surface area contributed by atoms with Crippen LogP contribution in [0.4, 0.5) is 0 Å². The first-order valence-electron chi connectivity index (χ1n) is 9.11. The SMILES string of the molecule is CCNC(=NCC(C)(O)c1cccs1)NCCc1ccc2c(c1)CCO2.I. The van der Waals surface area contributed by atoms with Crippen LogP contribution >= 0.6 is 35.3 Å². The third-order valence-electron chi connectivity index (χ3n) is 4.40. The predicted molar refractivity (Wildman–Crippen MR) is 123 cm³/mol. The molecule has 1 aliphatic rings. The molecular formula is C20H28IN3O2S. The van der Waals surface area contributed by atoms with Gasteiger partial charge in [-0.15, -0.1) is 35.3 Å². The highest BCUT2D eigenvalue weighted by Crippen LogP contribution is 2.26. The normalized spacial score (nSPS) is 15.3. The molecule has 0 radical (unpaired) electrons. The van der Waals surface area contributed by atoms with Crippen molar-refractivity contribution in [1.82, 2.24) is 10.6 Å². The minimum Gasteiger partial charge on any atom is -0.493 e. The number of halogens is 1. The lowest BCUT2D eigenvalue weighted by atomic mass is 10.1. The molecule has 0 aliphatic carbocycles. The van der Waals surface area contributed by atoms with E-state index in [1.54, 1.807) is 18.3 Å². The zero-order valence-electron chi connectivity index (χ0n) is 15.8. The molecule has 0 fully saturated rings. The summed E-state index contributed by atoms with van der Waals surface area (Å²) < 4.78 is 5.55. The molecule has 7 heteroatoms. The van der Waals surface area contributed by atoms with Gasteiger partial charge in [-0.3, -0.25) is 0 Å². The van der Waals surface area contributed by atoms with E-state index >= 15 is 0 Å². The largest absolute Gasteiger partial charge is 0.493 e. The van der Waals surface area contributed by atoms with Gasteiger partial charge in [-0.1, -0.05) is 18.2 Å². The van der Waals surface area contributed by atoms with Gasteiger partial charge in [0.15, 0.2) is 5.96 Å². The number of guanidine groups is 1. The average molecular weight is 501 g/mol. The highest BCUT2D eigenvalue weighted by Gasteiger charge is 2.24. The van der Waals surface area contributed by atoms with Crippen molar-refractivity contribution in [3.8, 4) is 5.75 Å². The van der Waals surface area contributed by atoms with Crippen LogP contribution in [-0.4, -0.2) is 37.3 Å². The number of rotatable bonds is 7. The van der Waals surface area contributed by atoms with Crippen LogP contribution < -0.4 is 15.4 Å². The van der Waals surface area contributed by atoms with E-state index in [2.05, 4.69) is 33.8 Å². The maximum absolute atomic E-state index is 10.6. The van der Waals surface area contributed by atoms with E-state index in [1.165, 1.54) is 11.1 Å². The Hall–Kier alpha value is -1.32. The summed E-state index contributed by atoms with van der Waals surface area (Å²) in [7, 11) is 0. The molecule has 0 spiro atoms. The summed E-state index contributed by atoms with van der Waals surface area (Å²) >= 11 is 1.55. The van der Waals surface area contributed by atoms with E-state index in [0.29, 0.717) is 6.54 Å². The fraction of sp³-hybridized carbons (Fsp3) is 0.450. The van der Waals surface area contributed by atoms with Crippen molar-refractivity contribution in [3.63, 3.8) is 0 Å². The molecule has 1 aliphatic heterocycles.